The second-order valence-electron chi connectivity index (χ2n) is 5.60. The van der Waals surface area contributed by atoms with Gasteiger partial charge in [0.1, 0.15) is 6.04 Å². The summed E-state index contributed by atoms with van der Waals surface area (Å²) >= 11 is 0. The van der Waals surface area contributed by atoms with E-state index in [2.05, 4.69) is 10.2 Å². The monoisotopic (exact) mass is 289 g/mol. The van der Waals surface area contributed by atoms with Gasteiger partial charge < -0.3 is 10.2 Å². The smallest absolute Gasteiger partial charge is 0.240 e. The summed E-state index contributed by atoms with van der Waals surface area (Å²) in [6, 6.07) is -0.239. The average Bonchev–Trinajstić information content (AvgIpc) is 2.36. The highest BCUT2D eigenvalue weighted by atomic mass is 32.2. The molecule has 2 aliphatic heterocycles. The standard InChI is InChI=1S/C12H23N3O3S/c1-14(2)12(16)11-8-13-5-6-15(11)10-4-3-7-19(17,18)9-10/h10-11,13H,3-9H2,1-2H3. The van der Waals surface area contributed by atoms with Crippen molar-refractivity contribution in [1.82, 2.24) is 15.1 Å². The van der Waals surface area contributed by atoms with Gasteiger partial charge in [-0.25, -0.2) is 8.42 Å². The third kappa shape index (κ3) is 3.46. The Balaban J connectivity index is 2.13. The van der Waals surface area contributed by atoms with Crippen molar-refractivity contribution in [1.29, 1.82) is 0 Å². The molecule has 2 atom stereocenters. The summed E-state index contributed by atoms with van der Waals surface area (Å²) in [6.45, 7) is 2.16. The summed E-state index contributed by atoms with van der Waals surface area (Å²) in [5, 5.41) is 3.22. The van der Waals surface area contributed by atoms with Crippen LogP contribution >= 0.6 is 0 Å². The van der Waals surface area contributed by atoms with Gasteiger partial charge in [-0.2, -0.15) is 0 Å². The molecule has 1 N–H and O–H groups in total. The number of nitrogens with one attached hydrogen (secondary N) is 1. The van der Waals surface area contributed by atoms with E-state index in [1.165, 1.54) is 0 Å². The van der Waals surface area contributed by atoms with Gasteiger partial charge in [0.2, 0.25) is 5.91 Å². The fourth-order valence-electron chi connectivity index (χ4n) is 2.94. The molecule has 2 rings (SSSR count). The van der Waals surface area contributed by atoms with Crippen LogP contribution in [0.3, 0.4) is 0 Å². The number of carbonyl (C=O) groups is 1. The number of nitrogens with zero attached hydrogens (tertiary/aromatic N) is 2. The minimum atomic E-state index is -2.94. The topological polar surface area (TPSA) is 69.7 Å². The number of rotatable bonds is 2. The molecule has 2 aliphatic rings. The minimum absolute atomic E-state index is 0.00486. The molecule has 2 fully saturated rings. The van der Waals surface area contributed by atoms with E-state index in [0.29, 0.717) is 18.7 Å². The molecule has 2 heterocycles. The summed E-state index contributed by atoms with van der Waals surface area (Å²) in [7, 11) is 0.548. The number of piperazine rings is 1. The predicted molar refractivity (Wildman–Crippen MR) is 73.7 cm³/mol. The maximum Gasteiger partial charge on any atom is 0.240 e. The summed E-state index contributed by atoms with van der Waals surface area (Å²) in [4.78, 5) is 15.9. The zero-order valence-electron chi connectivity index (χ0n) is 11.6. The van der Waals surface area contributed by atoms with E-state index in [-0.39, 0.29) is 23.7 Å². The molecule has 6 nitrogen and oxygen atoms in total. The van der Waals surface area contributed by atoms with Crippen molar-refractivity contribution in [2.24, 2.45) is 0 Å². The molecular formula is C12H23N3O3S. The number of carbonyl (C=O) groups excluding carboxylic acids is 1. The number of amides is 1. The van der Waals surface area contributed by atoms with Crippen LogP contribution in [0.2, 0.25) is 0 Å². The van der Waals surface area contributed by atoms with Crippen molar-refractivity contribution in [3.8, 4) is 0 Å². The van der Waals surface area contributed by atoms with Crippen LogP contribution in [0.1, 0.15) is 12.8 Å². The summed E-state index contributed by atoms with van der Waals surface area (Å²) in [6.07, 6.45) is 1.58. The molecule has 0 aromatic carbocycles. The van der Waals surface area contributed by atoms with Crippen molar-refractivity contribution in [2.45, 2.75) is 24.9 Å². The zero-order chi connectivity index (χ0) is 14.0. The Kier molecular flexibility index (Phi) is 4.47. The van der Waals surface area contributed by atoms with E-state index in [1.54, 1.807) is 19.0 Å². The van der Waals surface area contributed by atoms with Crippen LogP contribution in [0.25, 0.3) is 0 Å². The molecule has 0 aromatic rings. The highest BCUT2D eigenvalue weighted by molar-refractivity contribution is 7.91. The molecule has 0 saturated carbocycles. The maximum absolute atomic E-state index is 12.2. The zero-order valence-corrected chi connectivity index (χ0v) is 12.4. The van der Waals surface area contributed by atoms with E-state index in [4.69, 9.17) is 0 Å². The average molecular weight is 289 g/mol. The fourth-order valence-corrected chi connectivity index (χ4v) is 4.66. The number of hydrogen-bond donors (Lipinski definition) is 1. The summed E-state index contributed by atoms with van der Waals surface area (Å²) in [5.41, 5.74) is 0. The lowest BCUT2D eigenvalue weighted by Crippen LogP contribution is -2.62. The van der Waals surface area contributed by atoms with Gasteiger partial charge in [-0.15, -0.1) is 0 Å². The predicted octanol–water partition coefficient (Wildman–Crippen LogP) is -1.07. The van der Waals surface area contributed by atoms with Crippen molar-refractivity contribution in [3.63, 3.8) is 0 Å². The molecular weight excluding hydrogens is 266 g/mol. The second kappa shape index (κ2) is 5.76. The van der Waals surface area contributed by atoms with Crippen LogP contribution in [-0.2, 0) is 14.6 Å². The van der Waals surface area contributed by atoms with Crippen LogP contribution in [-0.4, -0.2) is 81.4 Å². The fraction of sp³-hybridized carbons (Fsp3) is 0.917. The third-order valence-electron chi connectivity index (χ3n) is 3.92. The molecule has 1 amide bonds. The van der Waals surface area contributed by atoms with Gasteiger partial charge in [-0.05, 0) is 12.8 Å². The van der Waals surface area contributed by atoms with Gasteiger partial charge in [0.15, 0.2) is 9.84 Å². The highest BCUT2D eigenvalue weighted by Gasteiger charge is 2.37. The molecule has 2 saturated heterocycles. The highest BCUT2D eigenvalue weighted by Crippen LogP contribution is 2.21. The molecule has 7 heteroatoms. The van der Waals surface area contributed by atoms with E-state index in [9.17, 15) is 13.2 Å². The van der Waals surface area contributed by atoms with Crippen molar-refractivity contribution >= 4 is 15.7 Å². The van der Waals surface area contributed by atoms with Crippen LogP contribution in [0.5, 0.6) is 0 Å². The summed E-state index contributed by atoms with van der Waals surface area (Å²) in [5.74, 6) is 0.543. The largest absolute Gasteiger partial charge is 0.347 e. The first-order chi connectivity index (χ1) is 8.91. The normalized spacial score (nSPS) is 31.9. The molecule has 0 radical (unpaired) electrons. The molecule has 19 heavy (non-hydrogen) atoms. The lowest BCUT2D eigenvalue weighted by molar-refractivity contribution is -0.136. The van der Waals surface area contributed by atoms with E-state index in [1.807, 2.05) is 0 Å². The van der Waals surface area contributed by atoms with Crippen LogP contribution in [0.4, 0.5) is 0 Å². The Labute approximate surface area is 115 Å². The van der Waals surface area contributed by atoms with Gasteiger partial charge in [-0.3, -0.25) is 9.69 Å². The Bertz CT molecular complexity index is 436. The summed E-state index contributed by atoms with van der Waals surface area (Å²) < 4.78 is 23.6. The van der Waals surface area contributed by atoms with Gasteiger partial charge >= 0.3 is 0 Å². The van der Waals surface area contributed by atoms with Crippen molar-refractivity contribution in [3.05, 3.63) is 0 Å². The second-order valence-corrected chi connectivity index (χ2v) is 7.83. The Morgan fingerprint density at radius 2 is 2.11 bits per heavy atom. The molecule has 0 bridgehead atoms. The maximum atomic E-state index is 12.2. The molecule has 0 spiro atoms. The van der Waals surface area contributed by atoms with Crippen LogP contribution in [0, 0.1) is 0 Å². The Morgan fingerprint density at radius 3 is 2.74 bits per heavy atom. The Hall–Kier alpha value is -0.660. The van der Waals surface area contributed by atoms with Gasteiger partial charge in [-0.1, -0.05) is 0 Å². The van der Waals surface area contributed by atoms with Gasteiger partial charge in [0.25, 0.3) is 0 Å². The van der Waals surface area contributed by atoms with Gasteiger partial charge in [0, 0.05) is 39.8 Å². The van der Waals surface area contributed by atoms with Crippen LogP contribution in [0.15, 0.2) is 0 Å². The number of likely N-dealkylation sites (N-methyl/N-ethyl adjacent to an activating group) is 1. The number of sulfone groups is 1. The molecule has 110 valence electrons. The SMILES string of the molecule is CN(C)C(=O)C1CNCCN1C1CCCS(=O)(=O)C1. The van der Waals surface area contributed by atoms with Crippen molar-refractivity contribution < 1.29 is 13.2 Å². The Morgan fingerprint density at radius 1 is 1.37 bits per heavy atom. The van der Waals surface area contributed by atoms with Crippen LogP contribution < -0.4 is 5.32 Å². The van der Waals surface area contributed by atoms with E-state index >= 15 is 0 Å². The molecule has 2 unspecified atom stereocenters. The van der Waals surface area contributed by atoms with E-state index < -0.39 is 9.84 Å². The lowest BCUT2D eigenvalue weighted by atomic mass is 10.1. The minimum Gasteiger partial charge on any atom is -0.347 e. The van der Waals surface area contributed by atoms with Gasteiger partial charge in [0.05, 0.1) is 11.5 Å². The first kappa shape index (κ1) is 14.7. The van der Waals surface area contributed by atoms with Crippen molar-refractivity contribution in [2.75, 3.05) is 45.2 Å². The van der Waals surface area contributed by atoms with E-state index in [0.717, 1.165) is 19.5 Å². The first-order valence-corrected chi connectivity index (χ1v) is 8.61. The number of hydrogen-bond acceptors (Lipinski definition) is 5. The first-order valence-electron chi connectivity index (χ1n) is 6.79. The lowest BCUT2D eigenvalue weighted by Gasteiger charge is -2.42. The third-order valence-corrected chi connectivity index (χ3v) is 5.72. The quantitative estimate of drug-likeness (QED) is 0.701. The molecule has 0 aromatic heterocycles. The molecule has 0 aliphatic carbocycles.